The molecule has 0 amide bonds. The molecule has 0 aromatic carbocycles. The molecule has 14 heteroatoms. The topological polar surface area (TPSA) is 190 Å². The van der Waals surface area contributed by atoms with Crippen molar-refractivity contribution in [3.63, 3.8) is 0 Å². The molecule has 1 unspecified atom stereocenters. The average Bonchev–Trinajstić information content (AvgIpc) is 3.20. The minimum Gasteiger partial charge on any atom is -0.479 e. The van der Waals surface area contributed by atoms with Crippen molar-refractivity contribution in [3.05, 3.63) is 12.2 Å². The number of fused-ring (bicyclic) bond motifs is 1. The maximum absolute atomic E-state index is 11.2. The lowest BCUT2D eigenvalue weighted by Crippen LogP contribution is -2.34. The number of nitrogens with zero attached hydrogens (tertiary/aromatic N) is 4. The van der Waals surface area contributed by atoms with Crippen molar-refractivity contribution in [2.24, 2.45) is 0 Å². The van der Waals surface area contributed by atoms with Crippen molar-refractivity contribution < 1.29 is 43.9 Å². The Bertz CT molecular complexity index is 887. The molecule has 1 saturated heterocycles. The highest BCUT2D eigenvalue weighted by atomic mass is 31.2. The van der Waals surface area contributed by atoms with Crippen molar-refractivity contribution in [2.75, 3.05) is 13.7 Å². The smallest absolute Gasteiger partial charge is 0.353 e. The van der Waals surface area contributed by atoms with Crippen LogP contribution >= 0.6 is 7.60 Å². The molecule has 1 aliphatic heterocycles. The van der Waals surface area contributed by atoms with Gasteiger partial charge in [-0.15, -0.1) is 0 Å². The number of imidazole rings is 1. The Labute approximate surface area is 158 Å². The molecule has 3 heterocycles. The summed E-state index contributed by atoms with van der Waals surface area (Å²) < 4.78 is 28.3. The SMILES string of the molecule is COc1nc(CO)nc2c1ncn2[C@@H]1O[C@H](COC(C)P(=O)(O)O)[C@@H](O)[C@H]1O. The van der Waals surface area contributed by atoms with Gasteiger partial charge in [-0.05, 0) is 6.92 Å². The first-order valence-electron chi connectivity index (χ1n) is 8.24. The zero-order valence-corrected chi connectivity index (χ0v) is 15.9. The first-order valence-corrected chi connectivity index (χ1v) is 9.92. The number of hydrogen-bond acceptors (Lipinski definition) is 10. The minimum atomic E-state index is -4.45. The molecule has 0 aliphatic carbocycles. The Hall–Kier alpha value is -1.70. The summed E-state index contributed by atoms with van der Waals surface area (Å²) in [7, 11) is -3.08. The normalized spacial score (nSPS) is 26.7. The van der Waals surface area contributed by atoms with Crippen LogP contribution in [0.25, 0.3) is 11.2 Å². The number of hydrogen-bond donors (Lipinski definition) is 5. The van der Waals surface area contributed by atoms with E-state index in [9.17, 15) is 19.9 Å². The summed E-state index contributed by atoms with van der Waals surface area (Å²) in [6, 6.07) is 0. The standard InChI is InChI=1S/C14H21N4O9P/c1-6(28(22,23)24)26-4-7-10(20)11(21)14(27-7)18-5-15-9-12(18)16-8(3-19)17-13(9)25-2/h5-7,10-11,14,19-21H,3-4H2,1-2H3,(H2,22,23,24)/t6?,7-,10-,11-,14-/m1/s1. The lowest BCUT2D eigenvalue weighted by molar-refractivity contribution is -0.0704. The molecule has 156 valence electrons. The van der Waals surface area contributed by atoms with Gasteiger partial charge >= 0.3 is 7.60 Å². The van der Waals surface area contributed by atoms with E-state index < -0.39 is 44.6 Å². The van der Waals surface area contributed by atoms with E-state index in [1.54, 1.807) is 0 Å². The van der Waals surface area contributed by atoms with Crippen LogP contribution in [0.5, 0.6) is 5.88 Å². The fourth-order valence-electron chi connectivity index (χ4n) is 2.76. The van der Waals surface area contributed by atoms with Crippen molar-refractivity contribution in [2.45, 2.75) is 43.9 Å². The number of aromatic nitrogens is 4. The maximum Gasteiger partial charge on any atom is 0.353 e. The molecule has 28 heavy (non-hydrogen) atoms. The Kier molecular flexibility index (Phi) is 5.98. The highest BCUT2D eigenvalue weighted by Crippen LogP contribution is 2.42. The monoisotopic (exact) mass is 420 g/mol. The molecular weight excluding hydrogens is 399 g/mol. The first kappa shape index (κ1) is 21.0. The molecule has 0 saturated carbocycles. The zero-order valence-electron chi connectivity index (χ0n) is 15.0. The molecule has 5 N–H and O–H groups in total. The van der Waals surface area contributed by atoms with Gasteiger partial charge in [-0.2, -0.15) is 4.98 Å². The Balaban J connectivity index is 1.85. The third-order valence-corrected chi connectivity index (χ3v) is 5.45. The van der Waals surface area contributed by atoms with E-state index in [4.69, 9.17) is 24.0 Å². The molecule has 0 bridgehead atoms. The molecule has 13 nitrogen and oxygen atoms in total. The van der Waals surface area contributed by atoms with E-state index >= 15 is 0 Å². The Morgan fingerprint density at radius 2 is 2.04 bits per heavy atom. The van der Waals surface area contributed by atoms with Crippen LogP contribution in [-0.2, 0) is 20.6 Å². The summed E-state index contributed by atoms with van der Waals surface area (Å²) in [5, 5.41) is 29.9. The molecule has 0 radical (unpaired) electrons. The molecular formula is C14H21N4O9P. The van der Waals surface area contributed by atoms with E-state index in [0.717, 1.165) is 0 Å². The van der Waals surface area contributed by atoms with Crippen LogP contribution in [0.15, 0.2) is 6.33 Å². The van der Waals surface area contributed by atoms with E-state index in [0.29, 0.717) is 0 Å². The van der Waals surface area contributed by atoms with Crippen molar-refractivity contribution >= 4 is 18.8 Å². The largest absolute Gasteiger partial charge is 0.479 e. The lowest BCUT2D eigenvalue weighted by Gasteiger charge is -2.19. The summed E-state index contributed by atoms with van der Waals surface area (Å²) >= 11 is 0. The van der Waals surface area contributed by atoms with E-state index in [1.165, 1.54) is 24.9 Å². The van der Waals surface area contributed by atoms with Gasteiger partial charge in [0, 0.05) is 0 Å². The predicted molar refractivity (Wildman–Crippen MR) is 91.2 cm³/mol. The number of ether oxygens (including phenoxy) is 3. The van der Waals surface area contributed by atoms with Crippen LogP contribution in [0.2, 0.25) is 0 Å². The van der Waals surface area contributed by atoms with Gasteiger partial charge in [-0.3, -0.25) is 9.13 Å². The average molecular weight is 420 g/mol. The van der Waals surface area contributed by atoms with Gasteiger partial charge < -0.3 is 39.3 Å². The van der Waals surface area contributed by atoms with Crippen molar-refractivity contribution in [3.8, 4) is 5.88 Å². The Morgan fingerprint density at radius 1 is 1.32 bits per heavy atom. The van der Waals surface area contributed by atoms with Crippen molar-refractivity contribution in [1.29, 1.82) is 0 Å². The third-order valence-electron chi connectivity index (χ3n) is 4.36. The highest BCUT2D eigenvalue weighted by Gasteiger charge is 2.45. The number of aliphatic hydroxyl groups is 3. The van der Waals surface area contributed by atoms with Gasteiger partial charge in [0.1, 0.15) is 24.9 Å². The van der Waals surface area contributed by atoms with Gasteiger partial charge in [0.05, 0.1) is 20.0 Å². The van der Waals surface area contributed by atoms with Crippen LogP contribution in [0, 0.1) is 0 Å². The van der Waals surface area contributed by atoms with E-state index in [2.05, 4.69) is 15.0 Å². The minimum absolute atomic E-state index is 0.0643. The molecule has 2 aromatic rings. The maximum atomic E-state index is 11.2. The highest BCUT2D eigenvalue weighted by molar-refractivity contribution is 7.52. The summed E-state index contributed by atoms with van der Waals surface area (Å²) in [4.78, 5) is 30.4. The second-order valence-electron chi connectivity index (χ2n) is 6.20. The summed E-state index contributed by atoms with van der Waals surface area (Å²) in [6.45, 7) is 0.387. The molecule has 1 fully saturated rings. The third kappa shape index (κ3) is 3.88. The van der Waals surface area contributed by atoms with Crippen LogP contribution in [-0.4, -0.2) is 82.5 Å². The van der Waals surface area contributed by atoms with E-state index in [1.807, 2.05) is 0 Å². The van der Waals surface area contributed by atoms with Gasteiger partial charge in [0.15, 0.2) is 29.1 Å². The van der Waals surface area contributed by atoms with Crippen LogP contribution in [0.4, 0.5) is 0 Å². The van der Waals surface area contributed by atoms with Crippen LogP contribution < -0.4 is 4.74 Å². The summed E-state index contributed by atoms with van der Waals surface area (Å²) in [5.41, 5.74) is 0.470. The number of methoxy groups -OCH3 is 1. The first-order chi connectivity index (χ1) is 13.2. The molecule has 2 aromatic heterocycles. The lowest BCUT2D eigenvalue weighted by atomic mass is 10.1. The Morgan fingerprint density at radius 3 is 2.64 bits per heavy atom. The molecule has 1 aliphatic rings. The fraction of sp³-hybridized carbons (Fsp3) is 0.643. The second kappa shape index (κ2) is 7.97. The molecule has 5 atom stereocenters. The van der Waals surface area contributed by atoms with Gasteiger partial charge in [-0.25, -0.2) is 9.97 Å². The number of aliphatic hydroxyl groups excluding tert-OH is 3. The zero-order chi connectivity index (χ0) is 20.6. The van der Waals surface area contributed by atoms with Gasteiger partial charge in [-0.1, -0.05) is 0 Å². The van der Waals surface area contributed by atoms with Gasteiger partial charge in [0.2, 0.25) is 5.88 Å². The molecule has 0 spiro atoms. The van der Waals surface area contributed by atoms with Crippen LogP contribution in [0.1, 0.15) is 19.0 Å². The van der Waals surface area contributed by atoms with E-state index in [-0.39, 0.29) is 29.5 Å². The molecule has 3 rings (SSSR count). The number of rotatable bonds is 7. The van der Waals surface area contributed by atoms with Crippen LogP contribution in [0.3, 0.4) is 0 Å². The summed E-state index contributed by atoms with van der Waals surface area (Å²) in [5.74, 6) is -1.21. The predicted octanol–water partition coefficient (Wildman–Crippen LogP) is -1.51. The fourth-order valence-corrected chi connectivity index (χ4v) is 3.04. The van der Waals surface area contributed by atoms with Crippen molar-refractivity contribution in [1.82, 2.24) is 19.5 Å². The van der Waals surface area contributed by atoms with Gasteiger partial charge in [0.25, 0.3) is 0 Å². The second-order valence-corrected chi connectivity index (χ2v) is 8.10. The summed E-state index contributed by atoms with van der Waals surface area (Å²) in [6.07, 6.45) is -3.62. The quantitative estimate of drug-likeness (QED) is 0.326.